The van der Waals surface area contributed by atoms with Crippen LogP contribution >= 0.6 is 0 Å². The number of hydrogen-bond donors (Lipinski definition) is 3. The number of benzene rings is 2. The predicted molar refractivity (Wildman–Crippen MR) is 119 cm³/mol. The van der Waals surface area contributed by atoms with Crippen molar-refractivity contribution in [2.24, 2.45) is 10.1 Å². The fourth-order valence-electron chi connectivity index (χ4n) is 2.78. The summed E-state index contributed by atoms with van der Waals surface area (Å²) in [6.45, 7) is 6.25. The van der Waals surface area contributed by atoms with Gasteiger partial charge in [0.25, 0.3) is 0 Å². The molecular weight excluding hydrogens is 404 g/mol. The standard InChI is InChI=1S/C21H30N4O4S/c1-4-28-19-11-8-16(14-20(19)29-5-2)12-13-24-21(23-3)25-15-17-6-9-18(10-7-17)30(22,26)27/h6-11,14H,4-5,12-13,15H2,1-3H3,(H2,22,26,27)(H2,23,24,25). The molecule has 0 atom stereocenters. The first-order valence-electron chi connectivity index (χ1n) is 9.82. The van der Waals surface area contributed by atoms with E-state index in [4.69, 9.17) is 14.6 Å². The second kappa shape index (κ2) is 11.4. The Balaban J connectivity index is 1.86. The van der Waals surface area contributed by atoms with Crippen LogP contribution < -0.4 is 25.2 Å². The second-order valence-electron chi connectivity index (χ2n) is 6.44. The number of ether oxygens (including phenoxy) is 2. The van der Waals surface area contributed by atoms with Crippen molar-refractivity contribution in [2.45, 2.75) is 31.7 Å². The van der Waals surface area contributed by atoms with E-state index in [1.165, 1.54) is 12.1 Å². The predicted octanol–water partition coefficient (Wildman–Crippen LogP) is 2.04. The zero-order chi connectivity index (χ0) is 22.0. The van der Waals surface area contributed by atoms with Crippen molar-refractivity contribution in [1.29, 1.82) is 0 Å². The van der Waals surface area contributed by atoms with Crippen LogP contribution in [0.1, 0.15) is 25.0 Å². The molecule has 0 radical (unpaired) electrons. The van der Waals surface area contributed by atoms with Crippen LogP contribution in [0.3, 0.4) is 0 Å². The van der Waals surface area contributed by atoms with Crippen LogP contribution in [0, 0.1) is 0 Å². The molecule has 4 N–H and O–H groups in total. The average Bonchev–Trinajstić information content (AvgIpc) is 2.72. The maximum Gasteiger partial charge on any atom is 0.238 e. The molecule has 0 heterocycles. The lowest BCUT2D eigenvalue weighted by Crippen LogP contribution is -2.37. The molecule has 0 aliphatic carbocycles. The van der Waals surface area contributed by atoms with Crippen LogP contribution in [0.2, 0.25) is 0 Å². The van der Waals surface area contributed by atoms with Crippen LogP contribution in [-0.2, 0) is 23.0 Å². The van der Waals surface area contributed by atoms with E-state index in [-0.39, 0.29) is 4.90 Å². The Morgan fingerprint density at radius 3 is 2.20 bits per heavy atom. The number of guanidine groups is 1. The van der Waals surface area contributed by atoms with Gasteiger partial charge in [0.1, 0.15) is 0 Å². The Hall–Kier alpha value is -2.78. The van der Waals surface area contributed by atoms with Gasteiger partial charge in [-0.1, -0.05) is 18.2 Å². The lowest BCUT2D eigenvalue weighted by molar-refractivity contribution is 0.287. The number of aliphatic imine (C=N–C) groups is 1. The smallest absolute Gasteiger partial charge is 0.238 e. The second-order valence-corrected chi connectivity index (χ2v) is 8.00. The Labute approximate surface area is 178 Å². The summed E-state index contributed by atoms with van der Waals surface area (Å²) in [6.07, 6.45) is 0.788. The van der Waals surface area contributed by atoms with Crippen molar-refractivity contribution in [1.82, 2.24) is 10.6 Å². The number of rotatable bonds is 10. The van der Waals surface area contributed by atoms with E-state index < -0.39 is 10.0 Å². The van der Waals surface area contributed by atoms with Gasteiger partial charge in [-0.25, -0.2) is 13.6 Å². The first-order chi connectivity index (χ1) is 14.4. The van der Waals surface area contributed by atoms with Gasteiger partial charge < -0.3 is 20.1 Å². The van der Waals surface area contributed by atoms with Crippen molar-refractivity contribution >= 4 is 16.0 Å². The minimum Gasteiger partial charge on any atom is -0.490 e. The zero-order valence-corrected chi connectivity index (χ0v) is 18.5. The number of nitrogens with two attached hydrogens (primary N) is 1. The van der Waals surface area contributed by atoms with Crippen molar-refractivity contribution in [3.63, 3.8) is 0 Å². The van der Waals surface area contributed by atoms with Gasteiger partial charge in [-0.15, -0.1) is 0 Å². The van der Waals surface area contributed by atoms with Gasteiger partial charge in [0, 0.05) is 20.1 Å². The first-order valence-corrected chi connectivity index (χ1v) is 11.4. The highest BCUT2D eigenvalue weighted by Crippen LogP contribution is 2.28. The Morgan fingerprint density at radius 2 is 1.60 bits per heavy atom. The van der Waals surface area contributed by atoms with E-state index in [2.05, 4.69) is 15.6 Å². The SMILES string of the molecule is CCOc1ccc(CCNC(=NC)NCc2ccc(S(N)(=O)=O)cc2)cc1OCC. The summed E-state index contributed by atoms with van der Waals surface area (Å²) in [5.41, 5.74) is 2.04. The molecule has 0 fully saturated rings. The van der Waals surface area contributed by atoms with Crippen LogP contribution in [0.25, 0.3) is 0 Å². The van der Waals surface area contributed by atoms with Gasteiger partial charge >= 0.3 is 0 Å². The van der Waals surface area contributed by atoms with Gasteiger partial charge in [0.15, 0.2) is 17.5 Å². The number of nitrogens with one attached hydrogen (secondary N) is 2. The highest BCUT2D eigenvalue weighted by Gasteiger charge is 2.08. The number of nitrogens with zero attached hydrogens (tertiary/aromatic N) is 1. The third-order valence-electron chi connectivity index (χ3n) is 4.25. The lowest BCUT2D eigenvalue weighted by Gasteiger charge is -2.14. The molecule has 0 unspecified atom stereocenters. The van der Waals surface area contributed by atoms with Crippen molar-refractivity contribution in [3.05, 3.63) is 53.6 Å². The fourth-order valence-corrected chi connectivity index (χ4v) is 3.30. The number of sulfonamides is 1. The molecule has 0 spiro atoms. The molecule has 0 aromatic heterocycles. The summed E-state index contributed by atoms with van der Waals surface area (Å²) in [7, 11) is -1.98. The summed E-state index contributed by atoms with van der Waals surface area (Å²) in [6, 6.07) is 12.4. The monoisotopic (exact) mass is 434 g/mol. The number of hydrogen-bond acceptors (Lipinski definition) is 5. The van der Waals surface area contributed by atoms with Crippen LogP contribution in [0.4, 0.5) is 0 Å². The van der Waals surface area contributed by atoms with Gasteiger partial charge in [0.2, 0.25) is 10.0 Å². The minimum absolute atomic E-state index is 0.0931. The molecule has 30 heavy (non-hydrogen) atoms. The molecule has 0 bridgehead atoms. The van der Waals surface area contributed by atoms with Crippen molar-refractivity contribution in [3.8, 4) is 11.5 Å². The Bertz CT molecular complexity index is 944. The van der Waals surface area contributed by atoms with Gasteiger partial charge in [-0.3, -0.25) is 4.99 Å². The average molecular weight is 435 g/mol. The normalized spacial score (nSPS) is 11.8. The molecule has 0 aliphatic rings. The van der Waals surface area contributed by atoms with Gasteiger partial charge in [-0.2, -0.15) is 0 Å². The highest BCUT2D eigenvalue weighted by molar-refractivity contribution is 7.89. The molecule has 0 aliphatic heterocycles. The molecule has 164 valence electrons. The Kier molecular flexibility index (Phi) is 8.94. The third-order valence-corrected chi connectivity index (χ3v) is 5.18. The summed E-state index contributed by atoms with van der Waals surface area (Å²) >= 11 is 0. The fraction of sp³-hybridized carbons (Fsp3) is 0.381. The first kappa shape index (κ1) is 23.5. The van der Waals surface area contributed by atoms with Gasteiger partial charge in [0.05, 0.1) is 18.1 Å². The summed E-state index contributed by atoms with van der Waals surface area (Å²) in [4.78, 5) is 4.30. The van der Waals surface area contributed by atoms with E-state index in [1.54, 1.807) is 19.2 Å². The Morgan fingerprint density at radius 1 is 0.967 bits per heavy atom. The molecule has 0 saturated heterocycles. The number of primary sulfonamides is 1. The molecule has 2 aromatic rings. The van der Waals surface area contributed by atoms with Crippen molar-refractivity contribution in [2.75, 3.05) is 26.8 Å². The van der Waals surface area contributed by atoms with Gasteiger partial charge in [-0.05, 0) is 55.7 Å². The van der Waals surface area contributed by atoms with Crippen LogP contribution in [0.15, 0.2) is 52.4 Å². The molecule has 9 heteroatoms. The molecular formula is C21H30N4O4S. The van der Waals surface area contributed by atoms with Crippen LogP contribution in [0.5, 0.6) is 11.5 Å². The zero-order valence-electron chi connectivity index (χ0n) is 17.6. The largest absolute Gasteiger partial charge is 0.490 e. The minimum atomic E-state index is -3.68. The quantitative estimate of drug-likeness (QED) is 0.389. The maximum atomic E-state index is 11.3. The maximum absolute atomic E-state index is 11.3. The summed E-state index contributed by atoms with van der Waals surface area (Å²) in [5.74, 6) is 2.16. The molecule has 2 rings (SSSR count). The summed E-state index contributed by atoms with van der Waals surface area (Å²) in [5, 5.41) is 11.6. The van der Waals surface area contributed by atoms with E-state index in [0.717, 1.165) is 29.0 Å². The lowest BCUT2D eigenvalue weighted by atomic mass is 10.1. The molecule has 8 nitrogen and oxygen atoms in total. The van der Waals surface area contributed by atoms with E-state index in [1.807, 2.05) is 32.0 Å². The highest BCUT2D eigenvalue weighted by atomic mass is 32.2. The molecule has 0 amide bonds. The van der Waals surface area contributed by atoms with E-state index in [9.17, 15) is 8.42 Å². The third kappa shape index (κ3) is 7.23. The topological polar surface area (TPSA) is 115 Å². The van der Waals surface area contributed by atoms with E-state index in [0.29, 0.717) is 32.3 Å². The molecule has 2 aromatic carbocycles. The van der Waals surface area contributed by atoms with Crippen molar-refractivity contribution < 1.29 is 17.9 Å². The molecule has 0 saturated carbocycles. The summed E-state index contributed by atoms with van der Waals surface area (Å²) < 4.78 is 33.9. The van der Waals surface area contributed by atoms with Crippen LogP contribution in [-0.4, -0.2) is 41.2 Å². The van der Waals surface area contributed by atoms with E-state index >= 15 is 0 Å².